The van der Waals surface area contributed by atoms with Crippen LogP contribution in [0.1, 0.15) is 39.0 Å². The molecule has 1 N–H and O–H groups in total. The Kier molecular flexibility index (Phi) is 6.45. The Bertz CT molecular complexity index is 1380. The molecule has 1 aliphatic rings. The molecule has 0 saturated carbocycles. The molecule has 180 valence electrons. The summed E-state index contributed by atoms with van der Waals surface area (Å²) in [4.78, 5) is 33.5. The standard InChI is InChI=1S/C29H24FN3O3/c1-36-22-15-11-20(12-16-22)27-26(28(34)32-25-8-4-5-17-31-25)23-6-2-3-7-24(23)29(35)33(27)18-19-9-13-21(30)14-10-19/h2-17,26-27H,18H2,1H3,(H,31,32,34)/t26-,27-/m0/s1. The Morgan fingerprint density at radius 3 is 2.39 bits per heavy atom. The minimum atomic E-state index is -0.713. The summed E-state index contributed by atoms with van der Waals surface area (Å²) >= 11 is 0. The molecule has 1 aliphatic heterocycles. The van der Waals surface area contributed by atoms with Gasteiger partial charge in [-0.3, -0.25) is 9.59 Å². The maximum Gasteiger partial charge on any atom is 0.255 e. The number of halogens is 1. The van der Waals surface area contributed by atoms with E-state index in [4.69, 9.17) is 4.74 Å². The normalized spacial score (nSPS) is 16.8. The summed E-state index contributed by atoms with van der Waals surface area (Å²) in [7, 11) is 1.58. The second-order valence-corrected chi connectivity index (χ2v) is 8.55. The van der Waals surface area contributed by atoms with E-state index in [9.17, 15) is 14.0 Å². The van der Waals surface area contributed by atoms with Crippen LogP contribution in [0.2, 0.25) is 0 Å². The fraction of sp³-hybridized carbons (Fsp3) is 0.138. The van der Waals surface area contributed by atoms with Crippen LogP contribution in [-0.2, 0) is 11.3 Å². The number of aromatic nitrogens is 1. The molecule has 0 bridgehead atoms. The third-order valence-corrected chi connectivity index (χ3v) is 6.36. The van der Waals surface area contributed by atoms with Gasteiger partial charge in [0, 0.05) is 18.3 Å². The van der Waals surface area contributed by atoms with E-state index in [1.807, 2.05) is 36.4 Å². The third-order valence-electron chi connectivity index (χ3n) is 6.36. The van der Waals surface area contributed by atoms with E-state index in [1.165, 1.54) is 12.1 Å². The van der Waals surface area contributed by atoms with Crippen LogP contribution in [-0.4, -0.2) is 28.8 Å². The Morgan fingerprint density at radius 2 is 1.69 bits per heavy atom. The lowest BCUT2D eigenvalue weighted by Gasteiger charge is -2.42. The van der Waals surface area contributed by atoms with Gasteiger partial charge in [0.25, 0.3) is 5.91 Å². The minimum absolute atomic E-state index is 0.197. The van der Waals surface area contributed by atoms with E-state index < -0.39 is 12.0 Å². The lowest BCUT2D eigenvalue weighted by Crippen LogP contribution is -2.45. The number of hydrogen-bond donors (Lipinski definition) is 1. The van der Waals surface area contributed by atoms with Crippen molar-refractivity contribution in [2.24, 2.45) is 0 Å². The number of ether oxygens (including phenoxy) is 1. The van der Waals surface area contributed by atoms with E-state index in [0.29, 0.717) is 22.7 Å². The van der Waals surface area contributed by atoms with E-state index in [1.54, 1.807) is 60.7 Å². The van der Waals surface area contributed by atoms with Gasteiger partial charge in [0.15, 0.2) is 0 Å². The summed E-state index contributed by atoms with van der Waals surface area (Å²) in [6, 6.07) is 25.2. The number of carbonyl (C=O) groups is 2. The van der Waals surface area contributed by atoms with Gasteiger partial charge >= 0.3 is 0 Å². The zero-order valence-corrected chi connectivity index (χ0v) is 19.6. The molecule has 36 heavy (non-hydrogen) atoms. The van der Waals surface area contributed by atoms with Crippen LogP contribution >= 0.6 is 0 Å². The molecule has 0 saturated heterocycles. The topological polar surface area (TPSA) is 71.5 Å². The number of nitrogens with one attached hydrogen (secondary N) is 1. The SMILES string of the molecule is COc1ccc([C@H]2[C@@H](C(=O)Nc3ccccn3)c3ccccc3C(=O)N2Cc2ccc(F)cc2)cc1. The van der Waals surface area contributed by atoms with Crippen LogP contribution in [0.3, 0.4) is 0 Å². The second kappa shape index (κ2) is 10.00. The van der Waals surface area contributed by atoms with Crippen LogP contribution < -0.4 is 10.1 Å². The first-order valence-electron chi connectivity index (χ1n) is 11.6. The highest BCUT2D eigenvalue weighted by Gasteiger charge is 2.44. The molecular formula is C29H24FN3O3. The Balaban J connectivity index is 1.63. The van der Waals surface area contributed by atoms with Crippen molar-refractivity contribution in [1.29, 1.82) is 0 Å². The molecule has 0 fully saturated rings. The van der Waals surface area contributed by atoms with E-state index in [0.717, 1.165) is 11.1 Å². The summed E-state index contributed by atoms with van der Waals surface area (Å²) in [5, 5.41) is 2.92. The van der Waals surface area contributed by atoms with Gasteiger partial charge in [-0.15, -0.1) is 0 Å². The Hall–Kier alpha value is -4.52. The zero-order chi connectivity index (χ0) is 25.1. The zero-order valence-electron chi connectivity index (χ0n) is 19.6. The van der Waals surface area contributed by atoms with Crippen molar-refractivity contribution >= 4 is 17.6 Å². The van der Waals surface area contributed by atoms with Crippen molar-refractivity contribution in [2.45, 2.75) is 18.5 Å². The molecule has 2 heterocycles. The summed E-state index contributed by atoms with van der Waals surface area (Å²) in [6.07, 6.45) is 1.61. The molecule has 2 amide bonds. The average Bonchev–Trinajstić information content (AvgIpc) is 2.92. The lowest BCUT2D eigenvalue weighted by atomic mass is 9.79. The fourth-order valence-corrected chi connectivity index (χ4v) is 4.65. The van der Waals surface area contributed by atoms with Crippen molar-refractivity contribution in [1.82, 2.24) is 9.88 Å². The van der Waals surface area contributed by atoms with Gasteiger partial charge in [0.2, 0.25) is 5.91 Å². The summed E-state index contributed by atoms with van der Waals surface area (Å²) in [5.41, 5.74) is 2.64. The number of rotatable bonds is 6. The molecule has 0 spiro atoms. The Morgan fingerprint density at radius 1 is 0.972 bits per heavy atom. The number of anilines is 1. The molecule has 7 heteroatoms. The maximum atomic E-state index is 13.8. The van der Waals surface area contributed by atoms with Crippen molar-refractivity contribution in [3.8, 4) is 5.75 Å². The van der Waals surface area contributed by atoms with Crippen LogP contribution in [0.25, 0.3) is 0 Å². The van der Waals surface area contributed by atoms with Gasteiger partial charge in [-0.25, -0.2) is 9.37 Å². The summed E-state index contributed by atoms with van der Waals surface area (Å²) in [5.74, 6) is -0.448. The molecule has 2 atom stereocenters. The van der Waals surface area contributed by atoms with Gasteiger partial charge in [0.1, 0.15) is 17.4 Å². The van der Waals surface area contributed by atoms with Crippen molar-refractivity contribution in [2.75, 3.05) is 12.4 Å². The molecule has 0 unspecified atom stereocenters. The van der Waals surface area contributed by atoms with Crippen molar-refractivity contribution < 1.29 is 18.7 Å². The number of carbonyl (C=O) groups excluding carboxylic acids is 2. The predicted octanol–water partition coefficient (Wildman–Crippen LogP) is 5.35. The molecule has 6 nitrogen and oxygen atoms in total. The summed E-state index contributed by atoms with van der Waals surface area (Å²) in [6.45, 7) is 0.206. The van der Waals surface area contributed by atoms with E-state index in [2.05, 4.69) is 10.3 Å². The molecule has 1 aromatic heterocycles. The Labute approximate surface area is 208 Å². The number of benzene rings is 3. The number of amides is 2. The van der Waals surface area contributed by atoms with Crippen molar-refractivity contribution in [3.63, 3.8) is 0 Å². The average molecular weight is 482 g/mol. The van der Waals surface area contributed by atoms with Gasteiger partial charge in [0.05, 0.1) is 19.1 Å². The highest BCUT2D eigenvalue weighted by atomic mass is 19.1. The number of hydrogen-bond acceptors (Lipinski definition) is 4. The number of methoxy groups -OCH3 is 1. The summed E-state index contributed by atoms with van der Waals surface area (Å²) < 4.78 is 18.9. The molecule has 4 aromatic rings. The van der Waals surface area contributed by atoms with E-state index in [-0.39, 0.29) is 24.2 Å². The van der Waals surface area contributed by atoms with E-state index >= 15 is 0 Å². The monoisotopic (exact) mass is 481 g/mol. The molecule has 0 radical (unpaired) electrons. The largest absolute Gasteiger partial charge is 0.497 e. The maximum absolute atomic E-state index is 13.8. The highest BCUT2D eigenvalue weighted by Crippen LogP contribution is 2.44. The number of nitrogens with zero attached hydrogens (tertiary/aromatic N) is 2. The molecule has 5 rings (SSSR count). The first-order valence-corrected chi connectivity index (χ1v) is 11.6. The van der Waals surface area contributed by atoms with Gasteiger partial charge in [-0.2, -0.15) is 0 Å². The van der Waals surface area contributed by atoms with Gasteiger partial charge in [-0.05, 0) is 59.2 Å². The molecule has 0 aliphatic carbocycles. The minimum Gasteiger partial charge on any atom is -0.497 e. The number of pyridine rings is 1. The first-order chi connectivity index (χ1) is 17.5. The van der Waals surface area contributed by atoms with Crippen LogP contribution in [0, 0.1) is 5.82 Å². The number of fused-ring (bicyclic) bond motifs is 1. The van der Waals surface area contributed by atoms with Gasteiger partial charge in [-0.1, -0.05) is 48.5 Å². The molecule has 3 aromatic carbocycles. The third kappa shape index (κ3) is 4.55. The highest BCUT2D eigenvalue weighted by molar-refractivity contribution is 6.04. The van der Waals surface area contributed by atoms with Crippen LogP contribution in [0.15, 0.2) is 97.2 Å². The molecular weight excluding hydrogens is 457 g/mol. The van der Waals surface area contributed by atoms with Gasteiger partial charge < -0.3 is 15.0 Å². The van der Waals surface area contributed by atoms with Crippen LogP contribution in [0.5, 0.6) is 5.75 Å². The van der Waals surface area contributed by atoms with Crippen LogP contribution in [0.4, 0.5) is 10.2 Å². The predicted molar refractivity (Wildman–Crippen MR) is 134 cm³/mol. The quantitative estimate of drug-likeness (QED) is 0.403. The fourth-order valence-electron chi connectivity index (χ4n) is 4.65. The first kappa shape index (κ1) is 23.2. The van der Waals surface area contributed by atoms with Crippen molar-refractivity contribution in [3.05, 3.63) is 125 Å². The smallest absolute Gasteiger partial charge is 0.255 e. The second-order valence-electron chi connectivity index (χ2n) is 8.55. The lowest BCUT2D eigenvalue weighted by molar-refractivity contribution is -0.119.